The Morgan fingerprint density at radius 3 is 2.42 bits per heavy atom. The van der Waals surface area contributed by atoms with Gasteiger partial charge in [-0.3, -0.25) is 0 Å². The average Bonchev–Trinajstić information content (AvgIpc) is 3.19. The van der Waals surface area contributed by atoms with Gasteiger partial charge in [-0.05, 0) is 45.0 Å². The lowest BCUT2D eigenvalue weighted by atomic mass is 10.2. The van der Waals surface area contributed by atoms with Gasteiger partial charge < -0.3 is 20.3 Å². The SMILES string of the molecule is CC(C)Oc1ccc(-c2nnc(-c3cc(F)c(OC[C@@H](N)[C@H](C)O)cc3Cl)s2)cc1Cl. The summed E-state index contributed by atoms with van der Waals surface area (Å²) in [7, 11) is 0. The molecule has 0 amide bonds. The number of nitrogens with zero attached hydrogens (tertiary/aromatic N) is 2. The number of rotatable bonds is 8. The molecule has 0 spiro atoms. The van der Waals surface area contributed by atoms with Crippen molar-refractivity contribution in [1.82, 2.24) is 10.2 Å². The van der Waals surface area contributed by atoms with Crippen molar-refractivity contribution in [2.24, 2.45) is 5.73 Å². The predicted molar refractivity (Wildman–Crippen MR) is 122 cm³/mol. The van der Waals surface area contributed by atoms with E-state index in [-0.39, 0.29) is 23.5 Å². The zero-order chi connectivity index (χ0) is 22.7. The molecule has 0 aliphatic carbocycles. The van der Waals surface area contributed by atoms with E-state index in [0.717, 1.165) is 5.56 Å². The lowest BCUT2D eigenvalue weighted by Crippen LogP contribution is -2.38. The van der Waals surface area contributed by atoms with Crippen molar-refractivity contribution in [3.05, 3.63) is 46.2 Å². The highest BCUT2D eigenvalue weighted by Crippen LogP contribution is 2.38. The molecule has 0 fully saturated rings. The Kier molecular flexibility index (Phi) is 7.72. The first-order valence-electron chi connectivity index (χ1n) is 9.51. The van der Waals surface area contributed by atoms with Gasteiger partial charge in [0, 0.05) is 17.2 Å². The molecule has 0 aliphatic heterocycles. The molecule has 0 unspecified atom stereocenters. The summed E-state index contributed by atoms with van der Waals surface area (Å²) in [5, 5.41) is 19.5. The number of hydrogen-bond donors (Lipinski definition) is 2. The molecule has 31 heavy (non-hydrogen) atoms. The summed E-state index contributed by atoms with van der Waals surface area (Å²) in [6.07, 6.45) is -0.777. The third kappa shape index (κ3) is 5.84. The van der Waals surface area contributed by atoms with E-state index in [9.17, 15) is 9.50 Å². The minimum atomic E-state index is -0.780. The molecule has 6 nitrogen and oxygen atoms in total. The minimum absolute atomic E-state index is 0.00301. The Bertz CT molecular complexity index is 1060. The van der Waals surface area contributed by atoms with Gasteiger partial charge in [0.05, 0.1) is 28.3 Å². The molecule has 166 valence electrons. The highest BCUT2D eigenvalue weighted by molar-refractivity contribution is 7.18. The van der Waals surface area contributed by atoms with E-state index >= 15 is 0 Å². The third-order valence-corrected chi connectivity index (χ3v) is 5.88. The van der Waals surface area contributed by atoms with Gasteiger partial charge in [0.1, 0.15) is 22.4 Å². The minimum Gasteiger partial charge on any atom is -0.489 e. The number of aliphatic hydroxyl groups excluding tert-OH is 1. The predicted octanol–water partition coefficient (Wildman–Crippen LogP) is 5.19. The molecule has 0 saturated carbocycles. The van der Waals surface area contributed by atoms with E-state index in [0.29, 0.717) is 26.4 Å². The number of halogens is 3. The van der Waals surface area contributed by atoms with Crippen LogP contribution in [0.15, 0.2) is 30.3 Å². The van der Waals surface area contributed by atoms with Gasteiger partial charge in [0.25, 0.3) is 0 Å². The van der Waals surface area contributed by atoms with Crippen molar-refractivity contribution in [2.75, 3.05) is 6.61 Å². The van der Waals surface area contributed by atoms with E-state index < -0.39 is 18.0 Å². The van der Waals surface area contributed by atoms with Crippen LogP contribution in [0.3, 0.4) is 0 Å². The van der Waals surface area contributed by atoms with Gasteiger partial charge in [-0.2, -0.15) is 0 Å². The molecule has 3 aromatic rings. The van der Waals surface area contributed by atoms with E-state index in [4.69, 9.17) is 38.4 Å². The van der Waals surface area contributed by atoms with Crippen LogP contribution in [0.2, 0.25) is 10.0 Å². The third-order valence-electron chi connectivity index (χ3n) is 4.27. The molecule has 0 saturated heterocycles. The maximum absolute atomic E-state index is 14.5. The Morgan fingerprint density at radius 2 is 1.77 bits per heavy atom. The van der Waals surface area contributed by atoms with Crippen molar-refractivity contribution < 1.29 is 19.0 Å². The molecule has 3 rings (SSSR count). The Balaban J connectivity index is 1.82. The van der Waals surface area contributed by atoms with Crippen LogP contribution in [0, 0.1) is 5.82 Å². The zero-order valence-corrected chi connectivity index (χ0v) is 19.4. The fraction of sp³-hybridized carbons (Fsp3) is 0.333. The van der Waals surface area contributed by atoms with Crippen LogP contribution in [0.1, 0.15) is 20.8 Å². The van der Waals surface area contributed by atoms with Gasteiger partial charge >= 0.3 is 0 Å². The average molecular weight is 486 g/mol. The van der Waals surface area contributed by atoms with Gasteiger partial charge in [0.2, 0.25) is 0 Å². The standard InChI is InChI=1S/C21H22Cl2FN3O3S/c1-10(2)30-18-5-4-12(6-15(18)23)20-26-27-21(31-20)13-7-16(24)19(8-14(13)22)29-9-17(25)11(3)28/h4-8,10-11,17,28H,9,25H2,1-3H3/t11-,17+/m0/s1. The smallest absolute Gasteiger partial charge is 0.165 e. The summed E-state index contributed by atoms with van der Waals surface area (Å²) >= 11 is 13.9. The van der Waals surface area contributed by atoms with E-state index in [1.165, 1.54) is 30.4 Å². The molecular formula is C21H22Cl2FN3O3S. The number of ether oxygens (including phenoxy) is 2. The molecule has 0 aliphatic rings. The van der Waals surface area contributed by atoms with E-state index in [2.05, 4.69) is 10.2 Å². The number of aliphatic hydroxyl groups is 1. The first-order chi connectivity index (χ1) is 14.7. The number of hydrogen-bond acceptors (Lipinski definition) is 7. The van der Waals surface area contributed by atoms with Crippen LogP contribution in [-0.4, -0.2) is 40.2 Å². The maximum Gasteiger partial charge on any atom is 0.165 e. The largest absolute Gasteiger partial charge is 0.489 e. The molecule has 1 heterocycles. The number of aromatic nitrogens is 2. The normalized spacial score (nSPS) is 13.3. The summed E-state index contributed by atoms with van der Waals surface area (Å²) in [4.78, 5) is 0. The highest BCUT2D eigenvalue weighted by Gasteiger charge is 2.18. The van der Waals surface area contributed by atoms with Gasteiger partial charge in [0.15, 0.2) is 11.6 Å². The lowest BCUT2D eigenvalue weighted by Gasteiger charge is -2.16. The fourth-order valence-electron chi connectivity index (χ4n) is 2.56. The quantitative estimate of drug-likeness (QED) is 0.456. The molecule has 3 N–H and O–H groups in total. The van der Waals surface area contributed by atoms with Crippen LogP contribution in [0.25, 0.3) is 21.1 Å². The van der Waals surface area contributed by atoms with Crippen molar-refractivity contribution in [1.29, 1.82) is 0 Å². The Morgan fingerprint density at radius 1 is 1.06 bits per heavy atom. The van der Waals surface area contributed by atoms with Crippen molar-refractivity contribution in [3.63, 3.8) is 0 Å². The first kappa shape index (κ1) is 23.7. The highest BCUT2D eigenvalue weighted by atomic mass is 35.5. The van der Waals surface area contributed by atoms with Crippen molar-refractivity contribution in [2.45, 2.75) is 39.0 Å². The summed E-state index contributed by atoms with van der Waals surface area (Å²) in [5.41, 5.74) is 6.86. The first-order valence-corrected chi connectivity index (χ1v) is 11.1. The summed E-state index contributed by atoms with van der Waals surface area (Å²) in [5.74, 6) is -0.0875. The monoisotopic (exact) mass is 485 g/mol. The van der Waals surface area contributed by atoms with Crippen LogP contribution in [0.4, 0.5) is 4.39 Å². The van der Waals surface area contributed by atoms with E-state index in [1.807, 2.05) is 19.9 Å². The fourth-order valence-corrected chi connectivity index (χ4v) is 3.95. The number of nitrogens with two attached hydrogens (primary N) is 1. The summed E-state index contributed by atoms with van der Waals surface area (Å²) in [6, 6.07) is 7.30. The van der Waals surface area contributed by atoms with E-state index in [1.54, 1.807) is 12.1 Å². The summed E-state index contributed by atoms with van der Waals surface area (Å²) in [6.45, 7) is 5.32. The molecule has 2 atom stereocenters. The maximum atomic E-state index is 14.5. The van der Waals surface area contributed by atoms with Crippen LogP contribution in [-0.2, 0) is 0 Å². The van der Waals surface area contributed by atoms with Gasteiger partial charge in [-0.1, -0.05) is 34.5 Å². The second-order valence-electron chi connectivity index (χ2n) is 7.20. The van der Waals surface area contributed by atoms with Gasteiger partial charge in [-0.25, -0.2) is 4.39 Å². The molecular weight excluding hydrogens is 464 g/mol. The van der Waals surface area contributed by atoms with Crippen LogP contribution in [0.5, 0.6) is 11.5 Å². The topological polar surface area (TPSA) is 90.5 Å². The molecule has 0 radical (unpaired) electrons. The number of benzene rings is 2. The van der Waals surface area contributed by atoms with Crippen LogP contribution < -0.4 is 15.2 Å². The zero-order valence-electron chi connectivity index (χ0n) is 17.1. The summed E-state index contributed by atoms with van der Waals surface area (Å²) < 4.78 is 25.5. The van der Waals surface area contributed by atoms with Crippen LogP contribution >= 0.6 is 34.5 Å². The Labute approximate surface area is 193 Å². The molecule has 10 heteroatoms. The molecule has 0 bridgehead atoms. The van der Waals surface area contributed by atoms with Crippen molar-refractivity contribution >= 4 is 34.5 Å². The second-order valence-corrected chi connectivity index (χ2v) is 8.99. The lowest BCUT2D eigenvalue weighted by molar-refractivity contribution is 0.129. The van der Waals surface area contributed by atoms with Crippen molar-refractivity contribution in [3.8, 4) is 32.6 Å². The van der Waals surface area contributed by atoms with Gasteiger partial charge in [-0.15, -0.1) is 10.2 Å². The molecule has 1 aromatic heterocycles. The molecule has 2 aromatic carbocycles. The second kappa shape index (κ2) is 10.1. The Hall–Kier alpha value is -1.97.